The highest BCUT2D eigenvalue weighted by Crippen LogP contribution is 2.19. The standard InChI is InChI=1S/C12H21ClN2O/c1-5-10(4)15-6-11(13)12(14-15)8-16-7-9(2)3/h6,9-10H,5,7-8H2,1-4H3/t10-/m0/s1. The molecule has 0 amide bonds. The molecule has 0 unspecified atom stereocenters. The van der Waals surface area contributed by atoms with Gasteiger partial charge in [0.25, 0.3) is 0 Å². The van der Waals surface area contributed by atoms with Gasteiger partial charge in [0.2, 0.25) is 0 Å². The summed E-state index contributed by atoms with van der Waals surface area (Å²) in [6, 6.07) is 0.386. The Morgan fingerprint density at radius 2 is 2.12 bits per heavy atom. The Morgan fingerprint density at radius 1 is 1.44 bits per heavy atom. The molecule has 0 N–H and O–H groups in total. The van der Waals surface area contributed by atoms with E-state index in [2.05, 4.69) is 32.8 Å². The van der Waals surface area contributed by atoms with Gasteiger partial charge >= 0.3 is 0 Å². The molecule has 16 heavy (non-hydrogen) atoms. The van der Waals surface area contributed by atoms with Gasteiger partial charge in [-0.3, -0.25) is 4.68 Å². The van der Waals surface area contributed by atoms with Crippen molar-refractivity contribution in [3.8, 4) is 0 Å². The summed E-state index contributed by atoms with van der Waals surface area (Å²) in [4.78, 5) is 0. The third kappa shape index (κ3) is 3.80. The molecule has 1 aromatic heterocycles. The van der Waals surface area contributed by atoms with Crippen molar-refractivity contribution in [2.24, 2.45) is 5.92 Å². The molecular weight excluding hydrogens is 224 g/mol. The van der Waals surface area contributed by atoms with Gasteiger partial charge in [-0.05, 0) is 19.3 Å². The van der Waals surface area contributed by atoms with Gasteiger partial charge in [0.15, 0.2) is 0 Å². The first kappa shape index (κ1) is 13.5. The van der Waals surface area contributed by atoms with Crippen LogP contribution in [-0.4, -0.2) is 16.4 Å². The van der Waals surface area contributed by atoms with E-state index in [4.69, 9.17) is 16.3 Å². The maximum absolute atomic E-state index is 6.10. The fourth-order valence-electron chi connectivity index (χ4n) is 1.31. The molecule has 0 aromatic carbocycles. The average Bonchev–Trinajstić information content (AvgIpc) is 2.59. The number of nitrogens with zero attached hydrogens (tertiary/aromatic N) is 2. The summed E-state index contributed by atoms with van der Waals surface area (Å²) in [7, 11) is 0. The topological polar surface area (TPSA) is 27.1 Å². The molecule has 0 saturated carbocycles. The van der Waals surface area contributed by atoms with Crippen molar-refractivity contribution in [1.82, 2.24) is 9.78 Å². The second-order valence-electron chi connectivity index (χ2n) is 4.57. The number of rotatable bonds is 6. The van der Waals surface area contributed by atoms with E-state index in [1.165, 1.54) is 0 Å². The summed E-state index contributed by atoms with van der Waals surface area (Å²) >= 11 is 6.10. The molecule has 4 heteroatoms. The number of ether oxygens (including phenoxy) is 1. The molecule has 3 nitrogen and oxygen atoms in total. The molecule has 0 fully saturated rings. The minimum atomic E-state index is 0.386. The SMILES string of the molecule is CC[C@H](C)n1cc(Cl)c(COCC(C)C)n1. The third-order valence-corrected chi connectivity index (χ3v) is 2.81. The molecule has 0 bridgehead atoms. The van der Waals surface area contributed by atoms with Crippen LogP contribution in [0.4, 0.5) is 0 Å². The Kier molecular flexibility index (Phi) is 5.29. The van der Waals surface area contributed by atoms with Crippen molar-refractivity contribution in [3.63, 3.8) is 0 Å². The predicted octanol–water partition coefficient (Wildman–Crippen LogP) is 3.68. The van der Waals surface area contributed by atoms with Crippen LogP contribution in [0.25, 0.3) is 0 Å². The fraction of sp³-hybridized carbons (Fsp3) is 0.750. The average molecular weight is 245 g/mol. The molecule has 1 rings (SSSR count). The van der Waals surface area contributed by atoms with E-state index < -0.39 is 0 Å². The van der Waals surface area contributed by atoms with Crippen molar-refractivity contribution in [1.29, 1.82) is 0 Å². The first-order chi connectivity index (χ1) is 7.54. The number of aromatic nitrogens is 2. The van der Waals surface area contributed by atoms with Crippen molar-refractivity contribution < 1.29 is 4.74 Å². The van der Waals surface area contributed by atoms with Gasteiger partial charge in [-0.1, -0.05) is 32.4 Å². The Bertz CT molecular complexity index is 323. The largest absolute Gasteiger partial charge is 0.375 e. The Labute approximate surface area is 103 Å². The molecule has 0 radical (unpaired) electrons. The zero-order valence-corrected chi connectivity index (χ0v) is 11.3. The molecule has 0 aliphatic carbocycles. The van der Waals surface area contributed by atoms with Gasteiger partial charge in [0, 0.05) is 18.8 Å². The van der Waals surface area contributed by atoms with Gasteiger partial charge < -0.3 is 4.74 Å². The quantitative estimate of drug-likeness (QED) is 0.763. The van der Waals surface area contributed by atoms with Gasteiger partial charge in [-0.25, -0.2) is 0 Å². The number of hydrogen-bond donors (Lipinski definition) is 0. The summed E-state index contributed by atoms with van der Waals surface area (Å²) in [5.74, 6) is 0.537. The van der Waals surface area contributed by atoms with Crippen LogP contribution < -0.4 is 0 Å². The van der Waals surface area contributed by atoms with Gasteiger partial charge in [-0.2, -0.15) is 5.10 Å². The van der Waals surface area contributed by atoms with Crippen LogP contribution in [0.5, 0.6) is 0 Å². The lowest BCUT2D eigenvalue weighted by Crippen LogP contribution is -2.06. The van der Waals surface area contributed by atoms with E-state index in [1.807, 2.05) is 10.9 Å². The summed E-state index contributed by atoms with van der Waals surface area (Å²) in [6.07, 6.45) is 2.92. The lowest BCUT2D eigenvalue weighted by molar-refractivity contribution is 0.0943. The minimum absolute atomic E-state index is 0.386. The first-order valence-electron chi connectivity index (χ1n) is 5.85. The summed E-state index contributed by atoms with van der Waals surface area (Å²) < 4.78 is 7.44. The monoisotopic (exact) mass is 244 g/mol. The van der Waals surface area contributed by atoms with E-state index in [0.717, 1.165) is 18.7 Å². The Hall–Kier alpha value is -0.540. The van der Waals surface area contributed by atoms with Crippen molar-refractivity contribution in [2.45, 2.75) is 46.8 Å². The number of hydrogen-bond acceptors (Lipinski definition) is 2. The fourth-order valence-corrected chi connectivity index (χ4v) is 1.50. The van der Waals surface area contributed by atoms with Crippen LogP contribution in [0.2, 0.25) is 5.02 Å². The van der Waals surface area contributed by atoms with Crippen LogP contribution in [0, 0.1) is 5.92 Å². The highest BCUT2D eigenvalue weighted by atomic mass is 35.5. The van der Waals surface area contributed by atoms with Gasteiger partial charge in [0.1, 0.15) is 5.69 Å². The maximum Gasteiger partial charge on any atom is 0.107 e. The smallest absolute Gasteiger partial charge is 0.107 e. The summed E-state index contributed by atoms with van der Waals surface area (Å²) in [5.41, 5.74) is 0.836. The van der Waals surface area contributed by atoms with Crippen molar-refractivity contribution >= 4 is 11.6 Å². The molecule has 1 heterocycles. The molecular formula is C12H21ClN2O. The summed E-state index contributed by atoms with van der Waals surface area (Å²) in [6.45, 7) is 9.75. The van der Waals surface area contributed by atoms with Crippen LogP contribution in [0.3, 0.4) is 0 Å². The zero-order chi connectivity index (χ0) is 12.1. The number of halogens is 1. The first-order valence-corrected chi connectivity index (χ1v) is 6.23. The van der Waals surface area contributed by atoms with Crippen molar-refractivity contribution in [3.05, 3.63) is 16.9 Å². The van der Waals surface area contributed by atoms with Crippen molar-refractivity contribution in [2.75, 3.05) is 6.61 Å². The van der Waals surface area contributed by atoms with Crippen LogP contribution >= 0.6 is 11.6 Å². The lowest BCUT2D eigenvalue weighted by Gasteiger charge is -2.08. The van der Waals surface area contributed by atoms with Gasteiger partial charge in [0.05, 0.1) is 11.6 Å². The van der Waals surface area contributed by atoms with Gasteiger partial charge in [-0.15, -0.1) is 0 Å². The zero-order valence-electron chi connectivity index (χ0n) is 10.5. The Morgan fingerprint density at radius 3 is 2.69 bits per heavy atom. The molecule has 0 aliphatic rings. The lowest BCUT2D eigenvalue weighted by atomic mass is 10.2. The third-order valence-electron chi connectivity index (χ3n) is 2.49. The highest BCUT2D eigenvalue weighted by Gasteiger charge is 2.10. The van der Waals surface area contributed by atoms with E-state index in [1.54, 1.807) is 0 Å². The second-order valence-corrected chi connectivity index (χ2v) is 4.98. The molecule has 92 valence electrons. The Balaban J connectivity index is 2.56. The molecule has 0 spiro atoms. The highest BCUT2D eigenvalue weighted by molar-refractivity contribution is 6.31. The van der Waals surface area contributed by atoms with E-state index >= 15 is 0 Å². The predicted molar refractivity (Wildman–Crippen MR) is 66.7 cm³/mol. The normalized spacial score (nSPS) is 13.4. The maximum atomic E-state index is 6.10. The molecule has 0 aliphatic heterocycles. The van der Waals surface area contributed by atoms with Crippen LogP contribution in [0.1, 0.15) is 45.9 Å². The minimum Gasteiger partial charge on any atom is -0.375 e. The molecule has 1 aromatic rings. The summed E-state index contributed by atoms with van der Waals surface area (Å²) in [5, 5.41) is 5.14. The second kappa shape index (κ2) is 6.26. The van der Waals surface area contributed by atoms with Crippen LogP contribution in [-0.2, 0) is 11.3 Å². The molecule has 1 atom stereocenters. The molecule has 0 saturated heterocycles. The van der Waals surface area contributed by atoms with E-state index in [9.17, 15) is 0 Å². The van der Waals surface area contributed by atoms with Crippen LogP contribution in [0.15, 0.2) is 6.20 Å². The van der Waals surface area contributed by atoms with E-state index in [-0.39, 0.29) is 0 Å². The van der Waals surface area contributed by atoms with E-state index in [0.29, 0.717) is 23.6 Å².